The molecule has 0 bridgehead atoms. The van der Waals surface area contributed by atoms with Gasteiger partial charge in [0.15, 0.2) is 0 Å². The molecule has 1 saturated heterocycles. The minimum atomic E-state index is 0.0389. The molecule has 1 aliphatic heterocycles. The summed E-state index contributed by atoms with van der Waals surface area (Å²) in [6.45, 7) is 3.11. The second-order valence-electron chi connectivity index (χ2n) is 6.30. The van der Waals surface area contributed by atoms with Gasteiger partial charge in [-0.3, -0.25) is 9.88 Å². The van der Waals surface area contributed by atoms with E-state index in [0.717, 1.165) is 26.1 Å². The fourth-order valence-electron chi connectivity index (χ4n) is 2.88. The highest BCUT2D eigenvalue weighted by Gasteiger charge is 2.33. The molecule has 1 aromatic heterocycles. The molecule has 2 heterocycles. The molecule has 3 rings (SSSR count). The van der Waals surface area contributed by atoms with Crippen LogP contribution in [0, 0.1) is 0 Å². The molecule has 0 radical (unpaired) electrons. The van der Waals surface area contributed by atoms with Crippen molar-refractivity contribution in [3.05, 3.63) is 66.0 Å². The van der Waals surface area contributed by atoms with Crippen LogP contribution >= 0.6 is 0 Å². The lowest BCUT2D eigenvalue weighted by molar-refractivity contribution is 0.0687. The number of nitrogens with zero attached hydrogens (tertiary/aromatic N) is 3. The van der Waals surface area contributed by atoms with E-state index in [1.165, 1.54) is 11.1 Å². The Labute approximate surface area is 143 Å². The number of nitrogens with one attached hydrogen (secondary N) is 1. The third kappa shape index (κ3) is 4.32. The molecule has 24 heavy (non-hydrogen) atoms. The van der Waals surface area contributed by atoms with E-state index in [0.29, 0.717) is 12.6 Å². The molecule has 2 aromatic rings. The fourth-order valence-corrected chi connectivity index (χ4v) is 2.88. The number of urea groups is 1. The van der Waals surface area contributed by atoms with Crippen LogP contribution in [0.2, 0.25) is 0 Å². The normalized spacial score (nSPS) is 14.5. The van der Waals surface area contributed by atoms with Crippen molar-refractivity contribution in [2.45, 2.75) is 19.0 Å². The first kappa shape index (κ1) is 16.5. The first-order valence-electron chi connectivity index (χ1n) is 8.38. The molecule has 1 fully saturated rings. The lowest BCUT2D eigenvalue weighted by Crippen LogP contribution is -2.62. The molecule has 5 nitrogen and oxygen atoms in total. The Kier molecular flexibility index (Phi) is 5.43. The van der Waals surface area contributed by atoms with E-state index in [9.17, 15) is 4.79 Å². The van der Waals surface area contributed by atoms with Gasteiger partial charge < -0.3 is 10.2 Å². The number of likely N-dealkylation sites (tertiary alicyclic amines) is 1. The number of rotatable bonds is 6. The Morgan fingerprint density at radius 2 is 1.96 bits per heavy atom. The number of pyridine rings is 1. The molecular weight excluding hydrogens is 300 g/mol. The predicted molar refractivity (Wildman–Crippen MR) is 94.6 cm³/mol. The molecule has 1 N–H and O–H groups in total. The van der Waals surface area contributed by atoms with Crippen molar-refractivity contribution in [3.63, 3.8) is 0 Å². The third-order valence-electron chi connectivity index (χ3n) is 4.46. The van der Waals surface area contributed by atoms with Crippen LogP contribution in [0.4, 0.5) is 4.79 Å². The SMILES string of the molecule is CN(Cc1cccnc1)C1CN(C(=O)NCCc2ccccc2)C1. The summed E-state index contributed by atoms with van der Waals surface area (Å²) >= 11 is 0. The Bertz CT molecular complexity index is 641. The molecule has 2 amide bonds. The van der Waals surface area contributed by atoms with Crippen LogP contribution in [0.1, 0.15) is 11.1 Å². The van der Waals surface area contributed by atoms with Gasteiger partial charge in [-0.25, -0.2) is 4.79 Å². The Morgan fingerprint density at radius 1 is 1.21 bits per heavy atom. The molecule has 1 aliphatic rings. The van der Waals surface area contributed by atoms with Crippen LogP contribution in [0.25, 0.3) is 0 Å². The maximum Gasteiger partial charge on any atom is 0.317 e. The van der Waals surface area contributed by atoms with E-state index in [2.05, 4.69) is 40.4 Å². The number of carbonyl (C=O) groups is 1. The number of aromatic nitrogens is 1. The van der Waals surface area contributed by atoms with Gasteiger partial charge in [0.25, 0.3) is 0 Å². The Morgan fingerprint density at radius 3 is 2.67 bits per heavy atom. The minimum absolute atomic E-state index is 0.0389. The summed E-state index contributed by atoms with van der Waals surface area (Å²) in [6.07, 6.45) is 4.54. The molecule has 5 heteroatoms. The van der Waals surface area contributed by atoms with Gasteiger partial charge in [-0.05, 0) is 30.7 Å². The topological polar surface area (TPSA) is 48.5 Å². The molecule has 0 aliphatic carbocycles. The van der Waals surface area contributed by atoms with E-state index in [1.54, 1.807) is 6.20 Å². The van der Waals surface area contributed by atoms with Crippen molar-refractivity contribution >= 4 is 6.03 Å². The maximum absolute atomic E-state index is 12.1. The highest BCUT2D eigenvalue weighted by Crippen LogP contribution is 2.15. The van der Waals surface area contributed by atoms with E-state index in [-0.39, 0.29) is 6.03 Å². The highest BCUT2D eigenvalue weighted by molar-refractivity contribution is 5.75. The zero-order valence-electron chi connectivity index (χ0n) is 14.1. The van der Waals surface area contributed by atoms with Crippen LogP contribution in [0.5, 0.6) is 0 Å². The maximum atomic E-state index is 12.1. The summed E-state index contributed by atoms with van der Waals surface area (Å²) in [5, 5.41) is 3.00. The summed E-state index contributed by atoms with van der Waals surface area (Å²) in [7, 11) is 2.10. The smallest absolute Gasteiger partial charge is 0.317 e. The lowest BCUT2D eigenvalue weighted by Gasteiger charge is -2.43. The van der Waals surface area contributed by atoms with Gasteiger partial charge in [-0.2, -0.15) is 0 Å². The molecule has 0 spiro atoms. The number of likely N-dealkylation sites (N-methyl/N-ethyl adjacent to an activating group) is 1. The third-order valence-corrected chi connectivity index (χ3v) is 4.46. The molecule has 0 unspecified atom stereocenters. The number of hydrogen-bond donors (Lipinski definition) is 1. The Hall–Kier alpha value is -2.40. The summed E-state index contributed by atoms with van der Waals surface area (Å²) in [5.74, 6) is 0. The van der Waals surface area contributed by atoms with E-state index in [1.807, 2.05) is 35.4 Å². The van der Waals surface area contributed by atoms with Gasteiger partial charge >= 0.3 is 6.03 Å². The first-order chi connectivity index (χ1) is 11.7. The van der Waals surface area contributed by atoms with Crippen molar-refractivity contribution < 1.29 is 4.79 Å². The molecule has 0 saturated carbocycles. The zero-order chi connectivity index (χ0) is 16.8. The monoisotopic (exact) mass is 324 g/mol. The number of carbonyl (C=O) groups excluding carboxylic acids is 1. The van der Waals surface area contributed by atoms with Gasteiger partial charge in [0.1, 0.15) is 0 Å². The second-order valence-corrected chi connectivity index (χ2v) is 6.30. The predicted octanol–water partition coefficient (Wildman–Crippen LogP) is 2.15. The van der Waals surface area contributed by atoms with Crippen LogP contribution in [-0.2, 0) is 13.0 Å². The highest BCUT2D eigenvalue weighted by atomic mass is 16.2. The van der Waals surface area contributed by atoms with E-state index < -0.39 is 0 Å². The standard InChI is InChI=1S/C19H24N4O/c1-22(13-17-8-5-10-20-12-17)18-14-23(15-18)19(24)21-11-9-16-6-3-2-4-7-16/h2-8,10,12,18H,9,11,13-15H2,1H3,(H,21,24). The zero-order valence-corrected chi connectivity index (χ0v) is 14.1. The fraction of sp³-hybridized carbons (Fsp3) is 0.368. The lowest BCUT2D eigenvalue weighted by atomic mass is 10.1. The molecule has 0 atom stereocenters. The first-order valence-corrected chi connectivity index (χ1v) is 8.38. The van der Waals surface area contributed by atoms with Crippen molar-refractivity contribution in [2.75, 3.05) is 26.7 Å². The molecular formula is C19H24N4O. The van der Waals surface area contributed by atoms with E-state index >= 15 is 0 Å². The quantitative estimate of drug-likeness (QED) is 0.886. The average Bonchev–Trinajstić information content (AvgIpc) is 2.55. The number of benzene rings is 1. The van der Waals surface area contributed by atoms with Crippen LogP contribution in [0.15, 0.2) is 54.9 Å². The van der Waals surface area contributed by atoms with Gasteiger partial charge in [0.05, 0.1) is 0 Å². The summed E-state index contributed by atoms with van der Waals surface area (Å²) in [4.78, 5) is 20.4. The van der Waals surface area contributed by atoms with Crippen molar-refractivity contribution in [2.24, 2.45) is 0 Å². The van der Waals surface area contributed by atoms with Crippen LogP contribution in [-0.4, -0.2) is 53.5 Å². The van der Waals surface area contributed by atoms with Crippen molar-refractivity contribution in [1.82, 2.24) is 20.1 Å². The second kappa shape index (κ2) is 7.93. The summed E-state index contributed by atoms with van der Waals surface area (Å²) in [5.41, 5.74) is 2.45. The van der Waals surface area contributed by atoms with Gasteiger partial charge in [0.2, 0.25) is 0 Å². The summed E-state index contributed by atoms with van der Waals surface area (Å²) < 4.78 is 0. The molecule has 1 aromatic carbocycles. The number of hydrogen-bond acceptors (Lipinski definition) is 3. The number of amides is 2. The van der Waals surface area contributed by atoms with Crippen molar-refractivity contribution in [1.29, 1.82) is 0 Å². The summed E-state index contributed by atoms with van der Waals surface area (Å²) in [6, 6.07) is 14.7. The minimum Gasteiger partial charge on any atom is -0.338 e. The van der Waals surface area contributed by atoms with Gasteiger partial charge in [-0.1, -0.05) is 36.4 Å². The van der Waals surface area contributed by atoms with Crippen LogP contribution in [0.3, 0.4) is 0 Å². The van der Waals surface area contributed by atoms with Gasteiger partial charge in [0, 0.05) is 44.6 Å². The van der Waals surface area contributed by atoms with Crippen molar-refractivity contribution in [3.8, 4) is 0 Å². The van der Waals surface area contributed by atoms with E-state index in [4.69, 9.17) is 0 Å². The van der Waals surface area contributed by atoms with Crippen LogP contribution < -0.4 is 5.32 Å². The largest absolute Gasteiger partial charge is 0.338 e. The molecule has 126 valence electrons. The van der Waals surface area contributed by atoms with Gasteiger partial charge in [-0.15, -0.1) is 0 Å². The average molecular weight is 324 g/mol. The Balaban J connectivity index is 1.35.